The molecule has 11 nitrogen and oxygen atoms in total. The van der Waals surface area contributed by atoms with Crippen LogP contribution in [0, 0.1) is 0 Å². The maximum atomic E-state index is 11.4. The van der Waals surface area contributed by atoms with Crippen LogP contribution in [0.1, 0.15) is 26.2 Å². The van der Waals surface area contributed by atoms with E-state index in [1.54, 1.807) is 0 Å². The molecule has 0 aromatic rings. The van der Waals surface area contributed by atoms with Crippen molar-refractivity contribution < 1.29 is 49.7 Å². The zero-order valence-corrected chi connectivity index (χ0v) is 14.6. The standard InChI is InChI=1S/C15H27NO10/c1-7(18)3-4-10(21)16-11-8(19)5-15(25-2,14(23)24)26-13(11)12(22)9(20)6-17/h8-13,16-17,19-22H,3-6H2,1-2H3,(H,23,24)/p-1/t8-,9+,10?,11+,12+,13?,15+/m0/s1. The number of hydrogen-bond acceptors (Lipinski definition) is 11. The van der Waals surface area contributed by atoms with E-state index in [0.717, 1.165) is 7.11 Å². The molecule has 0 saturated carbocycles. The predicted molar refractivity (Wildman–Crippen MR) is 82.2 cm³/mol. The van der Waals surface area contributed by atoms with E-state index in [1.807, 2.05) is 0 Å². The Labute approximate surface area is 150 Å². The summed E-state index contributed by atoms with van der Waals surface area (Å²) in [4.78, 5) is 22.4. The van der Waals surface area contributed by atoms with Crippen LogP contribution in [0.4, 0.5) is 0 Å². The zero-order chi connectivity index (χ0) is 20.1. The molecule has 0 spiro atoms. The lowest BCUT2D eigenvalue weighted by Crippen LogP contribution is -2.69. The number of carboxylic acid groups (broad SMARTS) is 1. The summed E-state index contributed by atoms with van der Waals surface area (Å²) in [6.07, 6.45) is -8.40. The summed E-state index contributed by atoms with van der Waals surface area (Å²) in [7, 11) is 1.00. The molecule has 6 N–H and O–H groups in total. The Bertz CT molecular complexity index is 489. The van der Waals surface area contributed by atoms with Crippen molar-refractivity contribution in [3.8, 4) is 0 Å². The second-order valence-corrected chi connectivity index (χ2v) is 6.29. The van der Waals surface area contributed by atoms with Crippen LogP contribution in [-0.2, 0) is 19.1 Å². The Morgan fingerprint density at radius 2 is 2.00 bits per heavy atom. The van der Waals surface area contributed by atoms with Crippen LogP contribution in [0.5, 0.6) is 0 Å². The number of Topliss-reactive ketones (excluding diaryl/α,β-unsaturated/α-hetero) is 1. The zero-order valence-electron chi connectivity index (χ0n) is 14.6. The quantitative estimate of drug-likeness (QED) is 0.201. The smallest absolute Gasteiger partial charge is 0.212 e. The Kier molecular flexibility index (Phi) is 8.50. The van der Waals surface area contributed by atoms with Gasteiger partial charge in [-0.3, -0.25) is 5.32 Å². The van der Waals surface area contributed by atoms with E-state index >= 15 is 0 Å². The normalized spacial score (nSPS) is 32.7. The van der Waals surface area contributed by atoms with Gasteiger partial charge in [-0.25, -0.2) is 0 Å². The lowest BCUT2D eigenvalue weighted by molar-refractivity contribution is -0.378. The number of rotatable bonds is 10. The highest BCUT2D eigenvalue weighted by Crippen LogP contribution is 2.32. The first kappa shape index (κ1) is 22.9. The van der Waals surface area contributed by atoms with E-state index in [9.17, 15) is 35.1 Å². The number of aliphatic hydroxyl groups excluding tert-OH is 5. The van der Waals surface area contributed by atoms with Crippen LogP contribution in [0.3, 0.4) is 0 Å². The molecule has 1 aliphatic heterocycles. The fourth-order valence-electron chi connectivity index (χ4n) is 2.77. The van der Waals surface area contributed by atoms with Gasteiger partial charge in [-0.15, -0.1) is 0 Å². The van der Waals surface area contributed by atoms with Gasteiger partial charge in [0.25, 0.3) is 0 Å². The second kappa shape index (κ2) is 9.67. The number of aliphatic carboxylic acids is 1. The molecule has 0 radical (unpaired) electrons. The first-order valence-electron chi connectivity index (χ1n) is 8.11. The highest BCUT2D eigenvalue weighted by atomic mass is 16.7. The third kappa shape index (κ3) is 5.41. The molecule has 0 bridgehead atoms. The van der Waals surface area contributed by atoms with E-state index in [0.29, 0.717) is 0 Å². The number of ether oxygens (including phenoxy) is 2. The topological polar surface area (TPSA) is 189 Å². The second-order valence-electron chi connectivity index (χ2n) is 6.29. The van der Waals surface area contributed by atoms with Gasteiger partial charge in [0.2, 0.25) is 5.79 Å². The van der Waals surface area contributed by atoms with Gasteiger partial charge in [0.1, 0.15) is 36.3 Å². The first-order chi connectivity index (χ1) is 12.1. The van der Waals surface area contributed by atoms with E-state index in [1.165, 1.54) is 6.92 Å². The average Bonchev–Trinajstić information content (AvgIpc) is 2.59. The van der Waals surface area contributed by atoms with Crippen LogP contribution < -0.4 is 10.4 Å². The molecular weight excluding hydrogens is 354 g/mol. The number of ketones is 1. The van der Waals surface area contributed by atoms with Crippen molar-refractivity contribution in [1.82, 2.24) is 5.32 Å². The molecule has 1 heterocycles. The maximum absolute atomic E-state index is 11.4. The number of hydrogen-bond donors (Lipinski definition) is 6. The fourth-order valence-corrected chi connectivity index (χ4v) is 2.77. The number of carbonyl (C=O) groups excluding carboxylic acids is 2. The summed E-state index contributed by atoms with van der Waals surface area (Å²) in [5.74, 6) is -4.36. The molecule has 1 aliphatic rings. The molecule has 7 atom stereocenters. The van der Waals surface area contributed by atoms with Crippen molar-refractivity contribution >= 4 is 11.8 Å². The highest BCUT2D eigenvalue weighted by molar-refractivity contribution is 5.75. The van der Waals surface area contributed by atoms with Gasteiger partial charge >= 0.3 is 0 Å². The summed E-state index contributed by atoms with van der Waals surface area (Å²) in [5.41, 5.74) is 0. The summed E-state index contributed by atoms with van der Waals surface area (Å²) >= 11 is 0. The van der Waals surface area contributed by atoms with Crippen molar-refractivity contribution in [1.29, 1.82) is 0 Å². The van der Waals surface area contributed by atoms with E-state index in [4.69, 9.17) is 14.6 Å². The molecule has 0 aromatic heterocycles. The summed E-state index contributed by atoms with van der Waals surface area (Å²) in [5, 5.41) is 63.1. The molecule has 0 aliphatic carbocycles. The Hall–Kier alpha value is -1.18. The lowest BCUT2D eigenvalue weighted by Gasteiger charge is -2.49. The van der Waals surface area contributed by atoms with Gasteiger partial charge in [-0.2, -0.15) is 0 Å². The van der Waals surface area contributed by atoms with Crippen molar-refractivity contribution in [3.63, 3.8) is 0 Å². The van der Waals surface area contributed by atoms with Gasteiger partial charge in [-0.1, -0.05) is 0 Å². The number of methoxy groups -OCH3 is 1. The van der Waals surface area contributed by atoms with Crippen LogP contribution >= 0.6 is 0 Å². The van der Waals surface area contributed by atoms with Crippen LogP contribution in [0.15, 0.2) is 0 Å². The molecule has 152 valence electrons. The highest BCUT2D eigenvalue weighted by Gasteiger charge is 2.51. The van der Waals surface area contributed by atoms with Gasteiger partial charge in [0.05, 0.1) is 18.8 Å². The summed E-state index contributed by atoms with van der Waals surface area (Å²) in [6, 6.07) is -1.23. The molecular formula is C15H26NO10-. The predicted octanol–water partition coefficient (Wildman–Crippen LogP) is -4.41. The third-order valence-corrected chi connectivity index (χ3v) is 4.29. The lowest BCUT2D eigenvalue weighted by atomic mass is 9.88. The van der Waals surface area contributed by atoms with E-state index < -0.39 is 61.5 Å². The van der Waals surface area contributed by atoms with Crippen LogP contribution in [-0.4, -0.2) is 93.5 Å². The average molecular weight is 380 g/mol. The minimum absolute atomic E-state index is 0.000170. The molecule has 2 unspecified atom stereocenters. The summed E-state index contributed by atoms with van der Waals surface area (Å²) in [6.45, 7) is 0.476. The largest absolute Gasteiger partial charge is 0.544 e. The molecule has 0 amide bonds. The monoisotopic (exact) mass is 380 g/mol. The molecule has 11 heteroatoms. The minimum Gasteiger partial charge on any atom is -0.544 e. The van der Waals surface area contributed by atoms with E-state index in [2.05, 4.69) is 5.32 Å². The van der Waals surface area contributed by atoms with Gasteiger partial charge < -0.3 is 49.7 Å². The summed E-state index contributed by atoms with van der Waals surface area (Å²) < 4.78 is 10.1. The number of carboxylic acids is 1. The van der Waals surface area contributed by atoms with E-state index in [-0.39, 0.29) is 18.6 Å². The molecule has 0 aromatic carbocycles. The molecule has 1 saturated heterocycles. The van der Waals surface area contributed by atoms with Crippen molar-refractivity contribution in [2.75, 3.05) is 13.7 Å². The van der Waals surface area contributed by atoms with Crippen molar-refractivity contribution in [3.05, 3.63) is 0 Å². The van der Waals surface area contributed by atoms with Crippen molar-refractivity contribution in [2.24, 2.45) is 0 Å². The Morgan fingerprint density at radius 1 is 1.38 bits per heavy atom. The SMILES string of the molecule is CO[C@]1(C(=O)[O-])C[C@H](O)[C@@H](NC(O)CCC(C)=O)C([C@H](O)[C@H](O)CO)O1. The van der Waals surface area contributed by atoms with Gasteiger partial charge in [-0.05, 0) is 13.3 Å². The minimum atomic E-state index is -2.39. The first-order valence-corrected chi connectivity index (χ1v) is 8.11. The number of nitrogens with one attached hydrogen (secondary N) is 1. The number of aliphatic hydroxyl groups is 5. The van der Waals surface area contributed by atoms with Gasteiger partial charge in [0.15, 0.2) is 0 Å². The van der Waals surface area contributed by atoms with Crippen LogP contribution in [0.25, 0.3) is 0 Å². The van der Waals surface area contributed by atoms with Crippen LogP contribution in [0.2, 0.25) is 0 Å². The fraction of sp³-hybridized carbons (Fsp3) is 0.867. The Morgan fingerprint density at radius 3 is 2.46 bits per heavy atom. The van der Waals surface area contributed by atoms with Crippen molar-refractivity contribution in [2.45, 2.75) is 68.7 Å². The molecule has 1 fully saturated rings. The number of carbonyl (C=O) groups is 2. The Balaban J connectivity index is 3.04. The molecule has 26 heavy (non-hydrogen) atoms. The maximum Gasteiger partial charge on any atom is 0.212 e. The molecule has 1 rings (SSSR count). The third-order valence-electron chi connectivity index (χ3n) is 4.29. The van der Waals surface area contributed by atoms with Gasteiger partial charge in [0, 0.05) is 20.0 Å².